The van der Waals surface area contributed by atoms with E-state index in [1.54, 1.807) is 12.3 Å². The maximum absolute atomic E-state index is 13.7. The van der Waals surface area contributed by atoms with Crippen molar-refractivity contribution in [2.24, 2.45) is 0 Å². The molecule has 0 spiro atoms. The van der Waals surface area contributed by atoms with Crippen molar-refractivity contribution >= 4 is 22.5 Å². The topological polar surface area (TPSA) is 62.7 Å². The molecule has 22 heavy (non-hydrogen) atoms. The molecule has 3 aromatic rings. The van der Waals surface area contributed by atoms with E-state index in [4.69, 9.17) is 0 Å². The van der Waals surface area contributed by atoms with Crippen LogP contribution in [-0.2, 0) is 0 Å². The Bertz CT molecular complexity index is 748. The second-order valence-electron chi connectivity index (χ2n) is 4.78. The number of halogens is 1. The highest BCUT2D eigenvalue weighted by atomic mass is 19.1. The lowest BCUT2D eigenvalue weighted by Gasteiger charge is -2.09. The van der Waals surface area contributed by atoms with Crippen molar-refractivity contribution in [3.63, 3.8) is 0 Å². The Morgan fingerprint density at radius 2 is 1.82 bits per heavy atom. The Morgan fingerprint density at radius 3 is 2.68 bits per heavy atom. The van der Waals surface area contributed by atoms with Crippen LogP contribution in [0.1, 0.15) is 6.42 Å². The fourth-order valence-electron chi connectivity index (χ4n) is 2.17. The van der Waals surface area contributed by atoms with Gasteiger partial charge in [-0.05, 0) is 30.7 Å². The van der Waals surface area contributed by atoms with Crippen LogP contribution >= 0.6 is 0 Å². The molecule has 0 aliphatic rings. The number of fused-ring (bicyclic) bond motifs is 1. The highest BCUT2D eigenvalue weighted by Gasteiger charge is 2.06. The van der Waals surface area contributed by atoms with Crippen LogP contribution in [0.15, 0.2) is 48.9 Å². The normalized spacial score (nSPS) is 10.6. The van der Waals surface area contributed by atoms with Gasteiger partial charge in [-0.3, -0.25) is 0 Å². The predicted molar refractivity (Wildman–Crippen MR) is 85.3 cm³/mol. The van der Waals surface area contributed by atoms with Gasteiger partial charge in [0.1, 0.15) is 29.3 Å². The highest BCUT2D eigenvalue weighted by Crippen LogP contribution is 2.20. The largest absolute Gasteiger partial charge is 0.370 e. The Morgan fingerprint density at radius 1 is 0.909 bits per heavy atom. The molecule has 0 radical (unpaired) electrons. The van der Waals surface area contributed by atoms with Crippen LogP contribution in [0.25, 0.3) is 10.9 Å². The smallest absolute Gasteiger partial charge is 0.149 e. The maximum Gasteiger partial charge on any atom is 0.149 e. The molecule has 2 N–H and O–H groups in total. The number of aromatic nitrogens is 3. The van der Waals surface area contributed by atoms with Crippen molar-refractivity contribution in [3.8, 4) is 0 Å². The molecule has 0 aliphatic carbocycles. The van der Waals surface area contributed by atoms with E-state index < -0.39 is 0 Å². The predicted octanol–water partition coefficient (Wildman–Crippen LogP) is 3.08. The van der Waals surface area contributed by atoms with Gasteiger partial charge in [-0.2, -0.15) is 0 Å². The number of benzene rings is 1. The first kappa shape index (κ1) is 14.2. The minimum Gasteiger partial charge on any atom is -0.370 e. The first-order valence-corrected chi connectivity index (χ1v) is 7.12. The van der Waals surface area contributed by atoms with E-state index in [2.05, 4.69) is 25.6 Å². The van der Waals surface area contributed by atoms with Crippen molar-refractivity contribution in [2.45, 2.75) is 6.42 Å². The van der Waals surface area contributed by atoms with E-state index in [1.165, 1.54) is 12.4 Å². The van der Waals surface area contributed by atoms with Crippen LogP contribution in [0.2, 0.25) is 0 Å². The van der Waals surface area contributed by atoms with Crippen molar-refractivity contribution in [1.29, 1.82) is 0 Å². The number of para-hydroxylation sites is 1. The molecule has 0 saturated carbocycles. The summed E-state index contributed by atoms with van der Waals surface area (Å²) >= 11 is 0. The van der Waals surface area contributed by atoms with E-state index in [0.717, 1.165) is 25.3 Å². The quantitative estimate of drug-likeness (QED) is 0.685. The number of anilines is 2. The van der Waals surface area contributed by atoms with Crippen LogP contribution in [0, 0.1) is 5.82 Å². The third kappa shape index (κ3) is 3.28. The van der Waals surface area contributed by atoms with Gasteiger partial charge in [0.05, 0.1) is 0 Å². The molecule has 5 nitrogen and oxygen atoms in total. The lowest BCUT2D eigenvalue weighted by atomic mass is 10.2. The second-order valence-corrected chi connectivity index (χ2v) is 4.78. The minimum atomic E-state index is -0.334. The van der Waals surface area contributed by atoms with E-state index >= 15 is 0 Å². The molecular formula is C16H16FN5. The molecule has 0 saturated heterocycles. The molecule has 112 valence electrons. The van der Waals surface area contributed by atoms with Crippen molar-refractivity contribution in [1.82, 2.24) is 15.0 Å². The van der Waals surface area contributed by atoms with Crippen molar-refractivity contribution in [3.05, 3.63) is 54.7 Å². The molecule has 2 heterocycles. The third-order valence-electron chi connectivity index (χ3n) is 3.23. The summed E-state index contributed by atoms with van der Waals surface area (Å²) in [5.74, 6) is 1.18. The first-order valence-electron chi connectivity index (χ1n) is 7.12. The third-order valence-corrected chi connectivity index (χ3v) is 3.23. The summed E-state index contributed by atoms with van der Waals surface area (Å²) in [5.41, 5.74) is 0.339. The molecule has 1 aromatic carbocycles. The fraction of sp³-hybridized carbons (Fsp3) is 0.188. The summed E-state index contributed by atoms with van der Waals surface area (Å²) < 4.78 is 13.7. The summed E-state index contributed by atoms with van der Waals surface area (Å²) in [7, 11) is 0. The Hall–Kier alpha value is -2.76. The molecule has 3 rings (SSSR count). The Labute approximate surface area is 127 Å². The number of pyridine rings is 1. The number of nitrogens with zero attached hydrogens (tertiary/aromatic N) is 3. The summed E-state index contributed by atoms with van der Waals surface area (Å²) in [6.07, 6.45) is 4.01. The molecule has 0 aliphatic heterocycles. The van der Waals surface area contributed by atoms with Crippen LogP contribution < -0.4 is 10.6 Å². The van der Waals surface area contributed by atoms with Crippen molar-refractivity contribution in [2.75, 3.05) is 23.7 Å². The van der Waals surface area contributed by atoms with Gasteiger partial charge in [0.15, 0.2) is 0 Å². The Kier molecular flexibility index (Phi) is 4.38. The fourth-order valence-corrected chi connectivity index (χ4v) is 2.17. The van der Waals surface area contributed by atoms with Crippen LogP contribution in [0.4, 0.5) is 16.0 Å². The van der Waals surface area contributed by atoms with Gasteiger partial charge < -0.3 is 10.6 Å². The van der Waals surface area contributed by atoms with Crippen molar-refractivity contribution < 1.29 is 4.39 Å². The number of rotatable bonds is 6. The lowest BCUT2D eigenvalue weighted by molar-refractivity contribution is 0.636. The van der Waals surface area contributed by atoms with E-state index in [-0.39, 0.29) is 5.82 Å². The second kappa shape index (κ2) is 6.80. The molecule has 0 unspecified atom stereocenters. The zero-order chi connectivity index (χ0) is 15.2. The van der Waals surface area contributed by atoms with Crippen LogP contribution in [0.3, 0.4) is 0 Å². The zero-order valence-corrected chi connectivity index (χ0v) is 12.0. The van der Waals surface area contributed by atoms with Crippen LogP contribution in [-0.4, -0.2) is 28.0 Å². The van der Waals surface area contributed by atoms with Gasteiger partial charge in [-0.1, -0.05) is 12.1 Å². The summed E-state index contributed by atoms with van der Waals surface area (Å²) in [5, 5.41) is 7.15. The van der Waals surface area contributed by atoms with Gasteiger partial charge in [-0.25, -0.2) is 19.3 Å². The molecule has 2 aromatic heterocycles. The van der Waals surface area contributed by atoms with Gasteiger partial charge >= 0.3 is 0 Å². The molecule has 6 heteroatoms. The first-order chi connectivity index (χ1) is 10.8. The van der Waals surface area contributed by atoms with Gasteiger partial charge in [-0.15, -0.1) is 0 Å². The van der Waals surface area contributed by atoms with Crippen LogP contribution in [0.5, 0.6) is 0 Å². The summed E-state index contributed by atoms with van der Waals surface area (Å²) in [6, 6.07) is 10.6. The van der Waals surface area contributed by atoms with E-state index in [9.17, 15) is 4.39 Å². The standard InChI is InChI=1S/C16H16FN5/c17-13-6-3-5-12-15(13)21-11-22-16(12)20-10-4-9-19-14-7-1-2-8-18-14/h1-3,5-8,11H,4,9-10H2,(H,18,19)(H,20,21,22). The van der Waals surface area contributed by atoms with E-state index in [0.29, 0.717) is 16.7 Å². The number of hydrogen-bond donors (Lipinski definition) is 2. The Balaban J connectivity index is 1.55. The monoisotopic (exact) mass is 297 g/mol. The number of hydrogen-bond acceptors (Lipinski definition) is 5. The van der Waals surface area contributed by atoms with Gasteiger partial charge in [0, 0.05) is 24.7 Å². The molecule has 0 atom stereocenters. The average molecular weight is 297 g/mol. The van der Waals surface area contributed by atoms with E-state index in [1.807, 2.05) is 24.3 Å². The average Bonchev–Trinajstić information content (AvgIpc) is 2.56. The summed E-state index contributed by atoms with van der Waals surface area (Å²) in [6.45, 7) is 1.52. The molecular weight excluding hydrogens is 281 g/mol. The minimum absolute atomic E-state index is 0.334. The van der Waals surface area contributed by atoms with Gasteiger partial charge in [0.25, 0.3) is 0 Å². The molecule has 0 fully saturated rings. The number of nitrogens with one attached hydrogen (secondary N) is 2. The van der Waals surface area contributed by atoms with Gasteiger partial charge in [0.2, 0.25) is 0 Å². The highest BCUT2D eigenvalue weighted by molar-refractivity contribution is 5.89. The zero-order valence-electron chi connectivity index (χ0n) is 12.0. The lowest BCUT2D eigenvalue weighted by Crippen LogP contribution is -2.10. The summed E-state index contributed by atoms with van der Waals surface area (Å²) in [4.78, 5) is 12.4. The molecule has 0 amide bonds. The molecule has 0 bridgehead atoms. The maximum atomic E-state index is 13.7. The SMILES string of the molecule is Fc1cccc2c(NCCCNc3ccccn3)ncnc12.